The number of carbonyl (C=O) groups is 3. The summed E-state index contributed by atoms with van der Waals surface area (Å²) in [6, 6.07) is 14.6. The van der Waals surface area contributed by atoms with Gasteiger partial charge in [-0.15, -0.1) is 0 Å². The number of carboxylic acid groups (broad SMARTS) is 1. The van der Waals surface area contributed by atoms with Crippen LogP contribution in [0, 0.1) is 5.41 Å². The highest BCUT2D eigenvalue weighted by atomic mass is 16.4. The average molecular weight is 378 g/mol. The molecule has 0 unspecified atom stereocenters. The van der Waals surface area contributed by atoms with E-state index in [1.54, 1.807) is 24.3 Å². The van der Waals surface area contributed by atoms with Crippen molar-refractivity contribution in [2.24, 2.45) is 5.41 Å². The molecule has 144 valence electrons. The first kappa shape index (κ1) is 18.2. The van der Waals surface area contributed by atoms with Crippen molar-refractivity contribution < 1.29 is 19.5 Å². The number of hydrogen-bond donors (Lipinski definition) is 3. The Morgan fingerprint density at radius 2 is 1.68 bits per heavy atom. The van der Waals surface area contributed by atoms with Crippen LogP contribution in [0.2, 0.25) is 0 Å². The van der Waals surface area contributed by atoms with Crippen LogP contribution in [0.3, 0.4) is 0 Å². The Bertz CT molecular complexity index is 924. The number of fused-ring (bicyclic) bond motifs is 1. The quantitative estimate of drug-likeness (QED) is 0.720. The number of hydrogen-bond acceptors (Lipinski definition) is 3. The Morgan fingerprint density at radius 3 is 2.29 bits per heavy atom. The van der Waals surface area contributed by atoms with Crippen LogP contribution in [0.4, 0.5) is 5.69 Å². The number of aliphatic carboxylic acids is 1. The predicted octanol–water partition coefficient (Wildman–Crippen LogP) is 2.78. The van der Waals surface area contributed by atoms with Crippen LogP contribution >= 0.6 is 0 Å². The molecule has 0 radical (unpaired) electrons. The van der Waals surface area contributed by atoms with Crippen LogP contribution in [0.5, 0.6) is 0 Å². The largest absolute Gasteiger partial charge is 0.481 e. The van der Waals surface area contributed by atoms with Crippen molar-refractivity contribution >= 4 is 23.5 Å². The smallest absolute Gasteiger partial charge is 0.310 e. The molecule has 4 rings (SSSR count). The van der Waals surface area contributed by atoms with Crippen LogP contribution in [0.15, 0.2) is 48.5 Å². The summed E-state index contributed by atoms with van der Waals surface area (Å²) in [5.74, 6) is -1.49. The molecule has 0 spiro atoms. The molecule has 0 bridgehead atoms. The average Bonchev–Trinajstić information content (AvgIpc) is 3.39. The van der Waals surface area contributed by atoms with E-state index in [0.717, 1.165) is 24.0 Å². The first-order valence-electron chi connectivity index (χ1n) is 9.46. The lowest BCUT2D eigenvalue weighted by Gasteiger charge is -2.23. The molecule has 2 aliphatic rings. The Labute approximate surface area is 163 Å². The number of amides is 2. The van der Waals surface area contributed by atoms with E-state index in [1.165, 1.54) is 0 Å². The highest BCUT2D eigenvalue weighted by molar-refractivity contribution is 5.98. The summed E-state index contributed by atoms with van der Waals surface area (Å²) in [4.78, 5) is 36.8. The fourth-order valence-corrected chi connectivity index (χ4v) is 3.79. The van der Waals surface area contributed by atoms with Gasteiger partial charge in [-0.2, -0.15) is 0 Å². The second-order valence-electron chi connectivity index (χ2n) is 7.76. The monoisotopic (exact) mass is 378 g/mol. The molecule has 0 aromatic heterocycles. The van der Waals surface area contributed by atoms with Crippen molar-refractivity contribution in [3.8, 4) is 0 Å². The van der Waals surface area contributed by atoms with E-state index < -0.39 is 11.4 Å². The van der Waals surface area contributed by atoms with Crippen molar-refractivity contribution in [1.82, 2.24) is 5.32 Å². The standard InChI is InChI=1S/C22H22N2O4/c25-19(13-22(21(27)28)11-15-4-1-2-5-16(15)12-22)23-18-7-3-6-14(10-18)20(26)24-17-8-9-17/h1-7,10,17H,8-9,11-13H2,(H,23,25)(H,24,26)(H,27,28). The number of benzene rings is 2. The van der Waals surface area contributed by atoms with E-state index in [4.69, 9.17) is 0 Å². The van der Waals surface area contributed by atoms with Crippen LogP contribution in [-0.4, -0.2) is 28.9 Å². The van der Waals surface area contributed by atoms with Gasteiger partial charge in [0, 0.05) is 23.7 Å². The van der Waals surface area contributed by atoms with E-state index in [1.807, 2.05) is 24.3 Å². The fourth-order valence-electron chi connectivity index (χ4n) is 3.79. The summed E-state index contributed by atoms with van der Waals surface area (Å²) in [5.41, 5.74) is 1.80. The van der Waals surface area contributed by atoms with Gasteiger partial charge < -0.3 is 15.7 Å². The maximum absolute atomic E-state index is 12.6. The molecule has 6 nitrogen and oxygen atoms in total. The van der Waals surface area contributed by atoms with Crippen molar-refractivity contribution in [2.75, 3.05) is 5.32 Å². The SMILES string of the molecule is O=C(CC1(C(=O)O)Cc2ccccc2C1)Nc1cccc(C(=O)NC2CC2)c1. The van der Waals surface area contributed by atoms with Gasteiger partial charge in [-0.1, -0.05) is 30.3 Å². The van der Waals surface area contributed by atoms with Gasteiger partial charge in [0.25, 0.3) is 5.91 Å². The summed E-state index contributed by atoms with van der Waals surface area (Å²) in [5, 5.41) is 15.5. The number of carboxylic acids is 1. The Kier molecular flexibility index (Phi) is 4.63. The third kappa shape index (κ3) is 3.76. The molecule has 1 fully saturated rings. The first-order chi connectivity index (χ1) is 13.4. The van der Waals surface area contributed by atoms with Gasteiger partial charge in [0.15, 0.2) is 0 Å². The molecule has 2 aromatic rings. The lowest BCUT2D eigenvalue weighted by molar-refractivity contribution is -0.150. The molecule has 1 saturated carbocycles. The van der Waals surface area contributed by atoms with Gasteiger partial charge >= 0.3 is 5.97 Å². The predicted molar refractivity (Wildman–Crippen MR) is 104 cm³/mol. The van der Waals surface area contributed by atoms with Gasteiger partial charge in [0.2, 0.25) is 5.91 Å². The molecule has 3 N–H and O–H groups in total. The summed E-state index contributed by atoms with van der Waals surface area (Å²) in [6.45, 7) is 0. The molecule has 0 aliphatic heterocycles. The van der Waals surface area contributed by atoms with Crippen molar-refractivity contribution in [2.45, 2.75) is 38.1 Å². The van der Waals surface area contributed by atoms with E-state index in [0.29, 0.717) is 24.1 Å². The van der Waals surface area contributed by atoms with E-state index >= 15 is 0 Å². The van der Waals surface area contributed by atoms with Crippen molar-refractivity contribution in [3.63, 3.8) is 0 Å². The lowest BCUT2D eigenvalue weighted by Crippen LogP contribution is -2.36. The van der Waals surface area contributed by atoms with Gasteiger partial charge in [-0.05, 0) is 55.0 Å². The zero-order valence-corrected chi connectivity index (χ0v) is 15.4. The highest BCUT2D eigenvalue weighted by Gasteiger charge is 2.45. The van der Waals surface area contributed by atoms with Gasteiger partial charge in [-0.3, -0.25) is 14.4 Å². The zero-order valence-electron chi connectivity index (χ0n) is 15.4. The van der Waals surface area contributed by atoms with E-state index in [9.17, 15) is 19.5 Å². The molecule has 2 aromatic carbocycles. The van der Waals surface area contributed by atoms with E-state index in [-0.39, 0.29) is 24.3 Å². The lowest BCUT2D eigenvalue weighted by atomic mass is 9.81. The summed E-state index contributed by atoms with van der Waals surface area (Å²) >= 11 is 0. The second-order valence-corrected chi connectivity index (χ2v) is 7.76. The number of anilines is 1. The number of rotatable bonds is 6. The van der Waals surface area contributed by atoms with Gasteiger partial charge in [0.05, 0.1) is 5.41 Å². The van der Waals surface area contributed by atoms with Crippen LogP contribution in [0.1, 0.15) is 40.7 Å². The molecular weight excluding hydrogens is 356 g/mol. The molecule has 0 atom stereocenters. The third-order valence-electron chi connectivity index (χ3n) is 5.45. The molecule has 0 heterocycles. The normalized spacial score (nSPS) is 16.9. The maximum Gasteiger partial charge on any atom is 0.310 e. The minimum atomic E-state index is -1.13. The number of nitrogens with one attached hydrogen (secondary N) is 2. The molecule has 0 saturated heterocycles. The second kappa shape index (κ2) is 7.11. The summed E-state index contributed by atoms with van der Waals surface area (Å²) in [6.07, 6.45) is 2.57. The number of carbonyl (C=O) groups excluding carboxylic acids is 2. The Balaban J connectivity index is 1.45. The Morgan fingerprint density at radius 1 is 1.00 bits per heavy atom. The molecule has 2 aliphatic carbocycles. The minimum absolute atomic E-state index is 0.116. The van der Waals surface area contributed by atoms with Crippen LogP contribution in [-0.2, 0) is 22.4 Å². The molecule has 6 heteroatoms. The molecule has 28 heavy (non-hydrogen) atoms. The molecule has 2 amide bonds. The van der Waals surface area contributed by atoms with Crippen molar-refractivity contribution in [3.05, 3.63) is 65.2 Å². The van der Waals surface area contributed by atoms with E-state index in [2.05, 4.69) is 10.6 Å². The Hall–Kier alpha value is -3.15. The van der Waals surface area contributed by atoms with Gasteiger partial charge in [-0.25, -0.2) is 0 Å². The van der Waals surface area contributed by atoms with Crippen LogP contribution in [0.25, 0.3) is 0 Å². The summed E-state index contributed by atoms with van der Waals surface area (Å²) < 4.78 is 0. The van der Waals surface area contributed by atoms with Crippen LogP contribution < -0.4 is 10.6 Å². The first-order valence-corrected chi connectivity index (χ1v) is 9.46. The third-order valence-corrected chi connectivity index (χ3v) is 5.45. The van der Waals surface area contributed by atoms with Gasteiger partial charge in [0.1, 0.15) is 0 Å². The highest BCUT2D eigenvalue weighted by Crippen LogP contribution is 2.40. The molecular formula is C22H22N2O4. The fraction of sp³-hybridized carbons (Fsp3) is 0.318. The summed E-state index contributed by atoms with van der Waals surface area (Å²) in [7, 11) is 0. The topological polar surface area (TPSA) is 95.5 Å². The van der Waals surface area contributed by atoms with Crippen molar-refractivity contribution in [1.29, 1.82) is 0 Å². The minimum Gasteiger partial charge on any atom is -0.481 e. The zero-order chi connectivity index (χ0) is 19.7. The maximum atomic E-state index is 12.6.